The van der Waals surface area contributed by atoms with Gasteiger partial charge in [0.15, 0.2) is 0 Å². The number of unbranched alkanes of at least 4 members (excludes halogenated alkanes) is 38. The van der Waals surface area contributed by atoms with Crippen molar-refractivity contribution < 1.29 is 32.9 Å². The Bertz CT molecular complexity index is 1220. The number of phosphoric ester groups is 1. The van der Waals surface area contributed by atoms with E-state index in [1.165, 1.54) is 218 Å². The summed E-state index contributed by atoms with van der Waals surface area (Å²) in [5.41, 5.74) is 0. The molecule has 0 radical (unpaired) electrons. The number of nitrogens with one attached hydrogen (secondary N) is 1. The van der Waals surface area contributed by atoms with Crippen LogP contribution in [0, 0.1) is 0 Å². The first-order valence-corrected chi connectivity index (χ1v) is 31.3. The molecule has 0 aromatic heterocycles. The Morgan fingerprint density at radius 3 is 1.14 bits per heavy atom. The van der Waals surface area contributed by atoms with Crippen molar-refractivity contribution in [2.24, 2.45) is 0 Å². The molecule has 0 aliphatic carbocycles. The molecule has 0 aliphatic heterocycles. The second-order valence-corrected chi connectivity index (χ2v) is 23.1. The third kappa shape index (κ3) is 54.3. The SMILES string of the molecule is CCC/C=C/CC/C=C/CC/C=C/C(O)C(COP(=O)([O-])OCC[N+](C)(C)C)NC(=O)CCCCCCCCCCCCCCCCCCCCCCCCCCCCCCCCCCCCCC. The van der Waals surface area contributed by atoms with Crippen LogP contribution in [0.25, 0.3) is 0 Å². The number of aliphatic hydroxyl groups excluding tert-OH is 1. The molecule has 9 heteroatoms. The van der Waals surface area contributed by atoms with Gasteiger partial charge in [-0.2, -0.15) is 0 Å². The van der Waals surface area contributed by atoms with Gasteiger partial charge < -0.3 is 28.8 Å². The van der Waals surface area contributed by atoms with Gasteiger partial charge >= 0.3 is 0 Å². The van der Waals surface area contributed by atoms with Crippen molar-refractivity contribution in [3.8, 4) is 0 Å². The second kappa shape index (κ2) is 51.6. The van der Waals surface area contributed by atoms with E-state index < -0.39 is 26.6 Å². The topological polar surface area (TPSA) is 108 Å². The van der Waals surface area contributed by atoms with Crippen LogP contribution >= 0.6 is 7.82 Å². The molecule has 408 valence electrons. The number of allylic oxidation sites excluding steroid dienone is 5. The van der Waals surface area contributed by atoms with Crippen LogP contribution in [0.3, 0.4) is 0 Å². The fourth-order valence-corrected chi connectivity index (χ4v) is 9.62. The van der Waals surface area contributed by atoms with Crippen molar-refractivity contribution in [2.45, 2.75) is 302 Å². The second-order valence-electron chi connectivity index (χ2n) is 21.7. The van der Waals surface area contributed by atoms with Crippen LogP contribution in [-0.4, -0.2) is 68.5 Å². The number of nitrogens with zero attached hydrogens (tertiary/aromatic N) is 1. The summed E-state index contributed by atoms with van der Waals surface area (Å²) in [5, 5.41) is 13.8. The first-order valence-electron chi connectivity index (χ1n) is 29.9. The van der Waals surface area contributed by atoms with Gasteiger partial charge in [-0.15, -0.1) is 0 Å². The van der Waals surface area contributed by atoms with E-state index in [1.807, 2.05) is 27.2 Å². The van der Waals surface area contributed by atoms with E-state index in [1.54, 1.807) is 6.08 Å². The minimum Gasteiger partial charge on any atom is -0.756 e. The van der Waals surface area contributed by atoms with Gasteiger partial charge in [0.2, 0.25) is 5.91 Å². The number of amides is 1. The quantitative estimate of drug-likeness (QED) is 0.0272. The minimum absolute atomic E-state index is 0.00787. The number of hydrogen-bond donors (Lipinski definition) is 2. The van der Waals surface area contributed by atoms with Crippen molar-refractivity contribution >= 4 is 13.7 Å². The number of hydrogen-bond acceptors (Lipinski definition) is 6. The zero-order chi connectivity index (χ0) is 50.6. The molecule has 2 N–H and O–H groups in total. The minimum atomic E-state index is -4.60. The summed E-state index contributed by atoms with van der Waals surface area (Å²) in [6.07, 6.45) is 67.1. The van der Waals surface area contributed by atoms with E-state index >= 15 is 0 Å². The van der Waals surface area contributed by atoms with Gasteiger partial charge in [0.25, 0.3) is 7.82 Å². The predicted octanol–water partition coefficient (Wildman–Crippen LogP) is 17.5. The summed E-state index contributed by atoms with van der Waals surface area (Å²) in [6.45, 7) is 4.57. The molecule has 8 nitrogen and oxygen atoms in total. The molecule has 0 heterocycles. The Morgan fingerprint density at radius 1 is 0.493 bits per heavy atom. The number of aliphatic hydroxyl groups is 1. The largest absolute Gasteiger partial charge is 0.756 e. The molecule has 3 unspecified atom stereocenters. The van der Waals surface area contributed by atoms with E-state index in [0.29, 0.717) is 17.4 Å². The summed E-state index contributed by atoms with van der Waals surface area (Å²) >= 11 is 0. The van der Waals surface area contributed by atoms with E-state index in [4.69, 9.17) is 9.05 Å². The Kier molecular flexibility index (Phi) is 50.7. The molecular formula is C60H117N2O6P. The third-order valence-electron chi connectivity index (χ3n) is 13.6. The number of carbonyl (C=O) groups is 1. The fourth-order valence-electron chi connectivity index (χ4n) is 8.90. The van der Waals surface area contributed by atoms with Gasteiger partial charge in [0.1, 0.15) is 13.2 Å². The lowest BCUT2D eigenvalue weighted by molar-refractivity contribution is -0.870. The van der Waals surface area contributed by atoms with Crippen LogP contribution in [0.1, 0.15) is 290 Å². The molecule has 69 heavy (non-hydrogen) atoms. The summed E-state index contributed by atoms with van der Waals surface area (Å²) < 4.78 is 23.2. The average Bonchev–Trinajstić information content (AvgIpc) is 3.31. The lowest BCUT2D eigenvalue weighted by atomic mass is 10.0. The zero-order valence-corrected chi connectivity index (χ0v) is 47.4. The van der Waals surface area contributed by atoms with E-state index in [9.17, 15) is 19.4 Å². The van der Waals surface area contributed by atoms with Crippen LogP contribution in [0.5, 0.6) is 0 Å². The predicted molar refractivity (Wildman–Crippen MR) is 298 cm³/mol. The number of quaternary nitrogens is 1. The Labute approximate surface area is 429 Å². The van der Waals surface area contributed by atoms with Crippen LogP contribution in [0.2, 0.25) is 0 Å². The van der Waals surface area contributed by atoms with Crippen molar-refractivity contribution in [3.63, 3.8) is 0 Å². The number of phosphoric acid groups is 1. The molecule has 0 saturated carbocycles. The average molecular weight is 994 g/mol. The van der Waals surface area contributed by atoms with Crippen molar-refractivity contribution in [2.75, 3.05) is 40.9 Å². The van der Waals surface area contributed by atoms with Crippen LogP contribution < -0.4 is 10.2 Å². The normalized spacial score (nSPS) is 14.1. The molecule has 0 bridgehead atoms. The van der Waals surface area contributed by atoms with Crippen LogP contribution in [-0.2, 0) is 18.4 Å². The summed E-state index contributed by atoms with van der Waals surface area (Å²) in [7, 11) is 1.24. The highest BCUT2D eigenvalue weighted by Gasteiger charge is 2.23. The Morgan fingerprint density at radius 2 is 0.812 bits per heavy atom. The highest BCUT2D eigenvalue weighted by atomic mass is 31.2. The third-order valence-corrected chi connectivity index (χ3v) is 14.5. The molecule has 0 aliphatic rings. The van der Waals surface area contributed by atoms with E-state index in [-0.39, 0.29) is 12.5 Å². The molecular weight excluding hydrogens is 876 g/mol. The molecule has 0 aromatic carbocycles. The summed E-state index contributed by atoms with van der Waals surface area (Å²) in [6, 6.07) is -0.906. The summed E-state index contributed by atoms with van der Waals surface area (Å²) in [4.78, 5) is 25.4. The molecule has 0 saturated heterocycles. The Hall–Kier alpha value is -1.28. The molecule has 0 rings (SSSR count). The maximum Gasteiger partial charge on any atom is 0.268 e. The van der Waals surface area contributed by atoms with Gasteiger partial charge in [-0.25, -0.2) is 0 Å². The monoisotopic (exact) mass is 993 g/mol. The van der Waals surface area contributed by atoms with Crippen molar-refractivity contribution in [3.05, 3.63) is 36.5 Å². The maximum absolute atomic E-state index is 12.9. The van der Waals surface area contributed by atoms with Gasteiger partial charge in [-0.05, 0) is 38.5 Å². The molecule has 3 atom stereocenters. The van der Waals surface area contributed by atoms with Gasteiger partial charge in [-0.3, -0.25) is 9.36 Å². The fraction of sp³-hybridized carbons (Fsp3) is 0.883. The maximum atomic E-state index is 12.9. The highest BCUT2D eigenvalue weighted by molar-refractivity contribution is 7.45. The number of rotatable bonds is 55. The van der Waals surface area contributed by atoms with Crippen LogP contribution in [0.4, 0.5) is 0 Å². The number of likely N-dealkylation sites (N-methyl/N-ethyl adjacent to an activating group) is 1. The molecule has 0 spiro atoms. The van der Waals surface area contributed by atoms with Crippen molar-refractivity contribution in [1.29, 1.82) is 0 Å². The molecule has 0 fully saturated rings. The smallest absolute Gasteiger partial charge is 0.268 e. The standard InChI is InChI=1S/C60H117N2O6P/c1-6-8-10-12-14-16-18-19-20-21-22-23-24-25-26-27-28-29-30-31-32-33-34-35-36-37-38-39-40-41-42-44-46-48-50-52-54-60(64)61-58(57-68-69(65,66)67-56-55-62(3,4)5)59(63)53-51-49-47-45-43-17-15-13-11-9-7-2/h11,13,43,45,51,53,58-59,63H,6-10,12,14-42,44,46-50,52,54-57H2,1-5H3,(H-,61,64,65,66)/b13-11+,45-43+,53-51+. The van der Waals surface area contributed by atoms with Crippen LogP contribution in [0.15, 0.2) is 36.5 Å². The highest BCUT2D eigenvalue weighted by Crippen LogP contribution is 2.38. The molecule has 1 amide bonds. The Balaban J connectivity index is 3.87. The molecule has 0 aromatic rings. The van der Waals surface area contributed by atoms with Gasteiger partial charge in [-0.1, -0.05) is 281 Å². The van der Waals surface area contributed by atoms with E-state index in [0.717, 1.165) is 51.4 Å². The van der Waals surface area contributed by atoms with E-state index in [2.05, 4.69) is 43.5 Å². The van der Waals surface area contributed by atoms with Gasteiger partial charge in [0, 0.05) is 6.42 Å². The first-order chi connectivity index (χ1) is 33.5. The summed E-state index contributed by atoms with van der Waals surface area (Å²) in [5.74, 6) is -0.208. The van der Waals surface area contributed by atoms with Crippen molar-refractivity contribution in [1.82, 2.24) is 5.32 Å². The number of carbonyl (C=O) groups excluding carboxylic acids is 1. The first kappa shape index (κ1) is 67.7. The lowest BCUT2D eigenvalue weighted by Crippen LogP contribution is -2.45. The van der Waals surface area contributed by atoms with Gasteiger partial charge in [0.05, 0.1) is 39.9 Å². The lowest BCUT2D eigenvalue weighted by Gasteiger charge is -2.29. The zero-order valence-electron chi connectivity index (χ0n) is 46.5.